The van der Waals surface area contributed by atoms with E-state index >= 15 is 0 Å². The first-order valence-corrected chi connectivity index (χ1v) is 13.5. The van der Waals surface area contributed by atoms with Crippen molar-refractivity contribution in [3.63, 3.8) is 0 Å². The summed E-state index contributed by atoms with van der Waals surface area (Å²) in [6.07, 6.45) is 2.96. The molecule has 1 aliphatic rings. The number of fused-ring (bicyclic) bond motifs is 1. The highest BCUT2D eigenvalue weighted by atomic mass is 28.3. The Bertz CT molecular complexity index is 1030. The Morgan fingerprint density at radius 1 is 0.857 bits per heavy atom. The predicted octanol–water partition coefficient (Wildman–Crippen LogP) is 6.30. The molecule has 3 aromatic carbocycles. The van der Waals surface area contributed by atoms with Crippen LogP contribution in [0.1, 0.15) is 11.1 Å². The summed E-state index contributed by atoms with van der Waals surface area (Å²) in [4.78, 5) is 13.1. The maximum atomic E-state index is 13.1. The first-order chi connectivity index (χ1) is 13.4. The van der Waals surface area contributed by atoms with Gasteiger partial charge in [-0.25, -0.2) is 0 Å². The normalized spacial score (nSPS) is 20.0. The van der Waals surface area contributed by atoms with Crippen LogP contribution in [0.2, 0.25) is 25.2 Å². The van der Waals surface area contributed by atoms with E-state index < -0.39 is 8.07 Å². The van der Waals surface area contributed by atoms with Gasteiger partial charge in [-0.3, -0.25) is 4.79 Å². The van der Waals surface area contributed by atoms with Crippen molar-refractivity contribution in [2.75, 3.05) is 0 Å². The zero-order valence-corrected chi connectivity index (χ0v) is 17.7. The lowest BCUT2D eigenvalue weighted by Gasteiger charge is -2.36. The van der Waals surface area contributed by atoms with Gasteiger partial charge in [-0.05, 0) is 40.4 Å². The number of rotatable bonds is 4. The van der Waals surface area contributed by atoms with Gasteiger partial charge >= 0.3 is 5.97 Å². The Morgan fingerprint density at radius 2 is 1.54 bits per heavy atom. The second-order valence-electron chi connectivity index (χ2n) is 8.70. The molecule has 3 aromatic rings. The lowest BCUT2D eigenvalue weighted by Crippen LogP contribution is -2.40. The molecular formula is C25H26O2Si. The zero-order valence-electron chi connectivity index (χ0n) is 16.7. The Kier molecular flexibility index (Phi) is 4.94. The van der Waals surface area contributed by atoms with E-state index in [9.17, 15) is 4.79 Å². The molecule has 0 fully saturated rings. The number of hydrogen-bond donors (Lipinski definition) is 0. The molecule has 0 amide bonds. The van der Waals surface area contributed by atoms with Crippen LogP contribution in [-0.4, -0.2) is 14.0 Å². The van der Waals surface area contributed by atoms with Crippen LogP contribution < -0.4 is 0 Å². The first kappa shape index (κ1) is 18.7. The summed E-state index contributed by atoms with van der Waals surface area (Å²) in [6.45, 7) is 7.01. The van der Waals surface area contributed by atoms with Crippen molar-refractivity contribution in [3.05, 3.63) is 90.0 Å². The van der Waals surface area contributed by atoms with Crippen LogP contribution in [0.3, 0.4) is 0 Å². The van der Waals surface area contributed by atoms with E-state index in [-0.39, 0.29) is 17.4 Å². The molecule has 0 saturated heterocycles. The van der Waals surface area contributed by atoms with E-state index in [1.807, 2.05) is 30.3 Å². The van der Waals surface area contributed by atoms with Gasteiger partial charge in [0, 0.05) is 5.56 Å². The van der Waals surface area contributed by atoms with Gasteiger partial charge in [0.05, 0.1) is 14.0 Å². The minimum absolute atomic E-state index is 0.0954. The quantitative estimate of drug-likeness (QED) is 0.388. The number of allylic oxidation sites excluding steroid dienone is 1. The van der Waals surface area contributed by atoms with Crippen LogP contribution in [0.25, 0.3) is 16.5 Å². The fourth-order valence-electron chi connectivity index (χ4n) is 4.07. The molecule has 1 aliphatic heterocycles. The SMILES string of the molecule is C[Si](C)(C)[C@H]1C=C(c2ccc3ccccc3c2)OC(=O)[C@H]1Cc1ccccc1. The van der Waals surface area contributed by atoms with Crippen LogP contribution in [0.5, 0.6) is 0 Å². The van der Waals surface area contributed by atoms with Gasteiger partial charge < -0.3 is 4.74 Å². The van der Waals surface area contributed by atoms with Crippen LogP contribution in [0.4, 0.5) is 0 Å². The third-order valence-corrected chi connectivity index (χ3v) is 8.18. The second kappa shape index (κ2) is 7.40. The Balaban J connectivity index is 1.72. The van der Waals surface area contributed by atoms with Crippen LogP contribution in [0, 0.1) is 5.92 Å². The monoisotopic (exact) mass is 386 g/mol. The van der Waals surface area contributed by atoms with Crippen LogP contribution in [0.15, 0.2) is 78.9 Å². The summed E-state index contributed by atoms with van der Waals surface area (Å²) in [5.74, 6) is 0.507. The molecular weight excluding hydrogens is 360 g/mol. The lowest BCUT2D eigenvalue weighted by molar-refractivity contribution is -0.142. The molecule has 28 heavy (non-hydrogen) atoms. The molecule has 0 radical (unpaired) electrons. The third-order valence-electron chi connectivity index (χ3n) is 5.61. The fraction of sp³-hybridized carbons (Fsp3) is 0.240. The Hall–Kier alpha value is -2.65. The summed E-state index contributed by atoms with van der Waals surface area (Å²) < 4.78 is 5.88. The Morgan fingerprint density at radius 3 is 2.25 bits per heavy atom. The highest BCUT2D eigenvalue weighted by Gasteiger charge is 2.41. The van der Waals surface area contributed by atoms with E-state index in [0.717, 1.165) is 17.4 Å². The van der Waals surface area contributed by atoms with Crippen molar-refractivity contribution in [1.29, 1.82) is 0 Å². The van der Waals surface area contributed by atoms with Gasteiger partial charge in [-0.2, -0.15) is 0 Å². The molecule has 0 unspecified atom stereocenters. The summed E-state index contributed by atoms with van der Waals surface area (Å²) in [7, 11) is -1.62. The van der Waals surface area contributed by atoms with Gasteiger partial charge in [0.15, 0.2) is 0 Å². The van der Waals surface area contributed by atoms with Crippen molar-refractivity contribution >= 4 is 30.6 Å². The number of cyclic esters (lactones) is 1. The van der Waals surface area contributed by atoms with Gasteiger partial charge in [0.1, 0.15) is 5.76 Å². The minimum Gasteiger partial charge on any atom is -0.426 e. The average Bonchev–Trinajstić information content (AvgIpc) is 2.69. The van der Waals surface area contributed by atoms with Crippen molar-refractivity contribution in [3.8, 4) is 0 Å². The van der Waals surface area contributed by atoms with Crippen molar-refractivity contribution in [2.24, 2.45) is 5.92 Å². The standard InChI is InChI=1S/C25H26O2Si/c1-28(2,3)24-17-23(21-14-13-19-11-7-8-12-20(19)16-21)27-25(26)22(24)15-18-9-5-4-6-10-18/h4-14,16-17,22,24H,15H2,1-3H3/t22-,24-/m0/s1. The Labute approximate surface area is 167 Å². The largest absolute Gasteiger partial charge is 0.426 e. The smallest absolute Gasteiger partial charge is 0.314 e. The molecule has 0 bridgehead atoms. The molecule has 142 valence electrons. The van der Waals surface area contributed by atoms with Crippen LogP contribution >= 0.6 is 0 Å². The molecule has 2 atom stereocenters. The van der Waals surface area contributed by atoms with E-state index in [1.165, 1.54) is 10.9 Å². The molecule has 0 spiro atoms. The van der Waals surface area contributed by atoms with Gasteiger partial charge in [0.2, 0.25) is 0 Å². The molecule has 0 N–H and O–H groups in total. The molecule has 0 aromatic heterocycles. The van der Waals surface area contributed by atoms with E-state index in [4.69, 9.17) is 4.74 Å². The molecule has 2 nitrogen and oxygen atoms in total. The highest BCUT2D eigenvalue weighted by Crippen LogP contribution is 2.41. The summed E-state index contributed by atoms with van der Waals surface area (Å²) in [5.41, 5.74) is 2.42. The second-order valence-corrected chi connectivity index (χ2v) is 14.1. The van der Waals surface area contributed by atoms with E-state index in [0.29, 0.717) is 5.76 Å². The maximum absolute atomic E-state index is 13.1. The predicted molar refractivity (Wildman–Crippen MR) is 119 cm³/mol. The van der Waals surface area contributed by atoms with E-state index in [2.05, 4.69) is 68.2 Å². The first-order valence-electron chi connectivity index (χ1n) is 9.88. The fourth-order valence-corrected chi connectivity index (χ4v) is 6.19. The molecule has 4 rings (SSSR count). The topological polar surface area (TPSA) is 26.3 Å². The minimum atomic E-state index is -1.62. The molecule has 0 saturated carbocycles. The zero-order chi connectivity index (χ0) is 19.7. The lowest BCUT2D eigenvalue weighted by atomic mass is 9.92. The van der Waals surface area contributed by atoms with Gasteiger partial charge in [-0.1, -0.05) is 86.4 Å². The average molecular weight is 387 g/mol. The summed E-state index contributed by atoms with van der Waals surface area (Å²) >= 11 is 0. The number of carbonyl (C=O) groups is 1. The molecule has 1 heterocycles. The van der Waals surface area contributed by atoms with Gasteiger partial charge in [-0.15, -0.1) is 0 Å². The number of hydrogen-bond acceptors (Lipinski definition) is 2. The van der Waals surface area contributed by atoms with Crippen molar-refractivity contribution in [2.45, 2.75) is 31.6 Å². The van der Waals surface area contributed by atoms with Crippen molar-refractivity contribution < 1.29 is 9.53 Å². The van der Waals surface area contributed by atoms with Gasteiger partial charge in [0.25, 0.3) is 0 Å². The van der Waals surface area contributed by atoms with Crippen molar-refractivity contribution in [1.82, 2.24) is 0 Å². The van der Waals surface area contributed by atoms with E-state index in [1.54, 1.807) is 0 Å². The number of benzene rings is 3. The number of esters is 1. The summed E-state index contributed by atoms with van der Waals surface area (Å²) in [6, 6.07) is 24.8. The molecule has 0 aliphatic carbocycles. The number of carbonyl (C=O) groups excluding carboxylic acids is 1. The number of ether oxygens (including phenoxy) is 1. The molecule has 3 heteroatoms. The highest BCUT2D eigenvalue weighted by molar-refractivity contribution is 6.78. The summed E-state index contributed by atoms with van der Waals surface area (Å²) in [5, 5.41) is 2.35. The maximum Gasteiger partial charge on any atom is 0.314 e. The third kappa shape index (κ3) is 3.81. The van der Waals surface area contributed by atoms with Crippen LogP contribution in [-0.2, 0) is 16.0 Å².